The highest BCUT2D eigenvalue weighted by Gasteiger charge is 2.11. The standard InChI is InChI=1S/C13H14ClNO/c1-4-11-6-10(5-8(2)9(3)16)7-12(14)13(11)15/h1,6-8H,5,15H2,2-3H3/t8-/m1/s1. The van der Waals surface area contributed by atoms with Crippen LogP contribution in [-0.2, 0) is 11.2 Å². The number of terminal acetylenes is 1. The molecule has 1 atom stereocenters. The number of carbonyl (C=O) groups excluding carboxylic acids is 1. The van der Waals surface area contributed by atoms with E-state index in [4.69, 9.17) is 23.8 Å². The summed E-state index contributed by atoms with van der Waals surface area (Å²) in [5.41, 5.74) is 7.65. The van der Waals surface area contributed by atoms with Crippen molar-refractivity contribution in [1.82, 2.24) is 0 Å². The maximum atomic E-state index is 11.2. The average molecular weight is 236 g/mol. The molecule has 1 rings (SSSR count). The third-order valence-corrected chi connectivity index (χ3v) is 2.89. The van der Waals surface area contributed by atoms with E-state index in [1.807, 2.05) is 6.92 Å². The van der Waals surface area contributed by atoms with Crippen molar-refractivity contribution in [2.75, 3.05) is 5.73 Å². The molecule has 1 aromatic carbocycles. The van der Waals surface area contributed by atoms with E-state index in [-0.39, 0.29) is 11.7 Å². The number of ketones is 1. The van der Waals surface area contributed by atoms with E-state index in [2.05, 4.69) is 5.92 Å². The lowest BCUT2D eigenvalue weighted by molar-refractivity contribution is -0.120. The van der Waals surface area contributed by atoms with Crippen LogP contribution in [-0.4, -0.2) is 5.78 Å². The predicted molar refractivity (Wildman–Crippen MR) is 67.3 cm³/mol. The van der Waals surface area contributed by atoms with Crippen molar-refractivity contribution < 1.29 is 4.79 Å². The summed E-state index contributed by atoms with van der Waals surface area (Å²) in [6.07, 6.45) is 5.95. The van der Waals surface area contributed by atoms with E-state index < -0.39 is 0 Å². The minimum absolute atomic E-state index is 0.0367. The van der Waals surface area contributed by atoms with Crippen LogP contribution in [0.5, 0.6) is 0 Å². The first-order valence-electron chi connectivity index (χ1n) is 5.00. The monoisotopic (exact) mass is 235 g/mol. The first-order valence-corrected chi connectivity index (χ1v) is 5.38. The SMILES string of the molecule is C#Cc1cc(C[C@@H](C)C(C)=O)cc(Cl)c1N. The van der Waals surface area contributed by atoms with Gasteiger partial charge in [-0.05, 0) is 31.0 Å². The van der Waals surface area contributed by atoms with Gasteiger partial charge in [-0.25, -0.2) is 0 Å². The molecule has 0 saturated carbocycles. The van der Waals surface area contributed by atoms with Crippen molar-refractivity contribution in [2.45, 2.75) is 20.3 Å². The van der Waals surface area contributed by atoms with Gasteiger partial charge in [0, 0.05) is 11.5 Å². The Balaban J connectivity index is 3.04. The largest absolute Gasteiger partial charge is 0.397 e. The summed E-state index contributed by atoms with van der Waals surface area (Å²) >= 11 is 5.96. The second kappa shape index (κ2) is 5.05. The number of hydrogen-bond acceptors (Lipinski definition) is 2. The van der Waals surface area contributed by atoms with Crippen LogP contribution in [0.15, 0.2) is 12.1 Å². The Morgan fingerprint density at radius 1 is 1.62 bits per heavy atom. The Bertz CT molecular complexity index is 460. The van der Waals surface area contributed by atoms with Gasteiger partial charge >= 0.3 is 0 Å². The number of nitrogens with two attached hydrogens (primary N) is 1. The van der Waals surface area contributed by atoms with Crippen molar-refractivity contribution in [3.05, 3.63) is 28.3 Å². The molecule has 2 N–H and O–H groups in total. The zero-order valence-corrected chi connectivity index (χ0v) is 10.1. The number of hydrogen-bond donors (Lipinski definition) is 1. The van der Waals surface area contributed by atoms with Gasteiger partial charge in [-0.1, -0.05) is 24.4 Å². The van der Waals surface area contributed by atoms with Gasteiger partial charge < -0.3 is 5.73 Å². The van der Waals surface area contributed by atoms with Crippen molar-refractivity contribution in [2.24, 2.45) is 5.92 Å². The molecule has 0 spiro atoms. The summed E-state index contributed by atoms with van der Waals surface area (Å²) in [6.45, 7) is 3.45. The van der Waals surface area contributed by atoms with Crippen molar-refractivity contribution in [1.29, 1.82) is 0 Å². The smallest absolute Gasteiger partial charge is 0.132 e. The van der Waals surface area contributed by atoms with Gasteiger partial charge in [0.25, 0.3) is 0 Å². The fourth-order valence-electron chi connectivity index (χ4n) is 1.41. The molecule has 0 bridgehead atoms. The van der Waals surface area contributed by atoms with Gasteiger partial charge in [0.05, 0.1) is 10.7 Å². The molecule has 0 fully saturated rings. The minimum atomic E-state index is -0.0367. The fraction of sp³-hybridized carbons (Fsp3) is 0.308. The number of halogens is 1. The summed E-state index contributed by atoms with van der Waals surface area (Å²) in [7, 11) is 0. The number of carbonyl (C=O) groups is 1. The molecule has 0 aromatic heterocycles. The van der Waals surface area contributed by atoms with Crippen LogP contribution in [0.1, 0.15) is 25.0 Å². The second-order valence-corrected chi connectivity index (χ2v) is 4.31. The van der Waals surface area contributed by atoms with E-state index in [0.29, 0.717) is 22.7 Å². The van der Waals surface area contributed by atoms with Crippen LogP contribution < -0.4 is 5.73 Å². The zero-order chi connectivity index (χ0) is 12.3. The maximum absolute atomic E-state index is 11.2. The van der Waals surface area contributed by atoms with Crippen LogP contribution >= 0.6 is 11.6 Å². The number of anilines is 1. The Kier molecular flexibility index (Phi) is 3.98. The first-order chi connectivity index (χ1) is 7.45. The van der Waals surface area contributed by atoms with Gasteiger partial charge in [0.15, 0.2) is 0 Å². The third kappa shape index (κ3) is 2.77. The molecule has 0 heterocycles. The topological polar surface area (TPSA) is 43.1 Å². The van der Waals surface area contributed by atoms with Gasteiger partial charge in [0.2, 0.25) is 0 Å². The van der Waals surface area contributed by atoms with Gasteiger partial charge in [0.1, 0.15) is 5.78 Å². The van der Waals surface area contributed by atoms with Gasteiger partial charge in [-0.2, -0.15) is 0 Å². The highest BCUT2D eigenvalue weighted by molar-refractivity contribution is 6.33. The molecule has 84 valence electrons. The molecule has 0 aliphatic rings. The lowest BCUT2D eigenvalue weighted by atomic mass is 9.96. The highest BCUT2D eigenvalue weighted by atomic mass is 35.5. The summed E-state index contributed by atoms with van der Waals surface area (Å²) in [6, 6.07) is 3.57. The van der Waals surface area contributed by atoms with Crippen molar-refractivity contribution in [3.63, 3.8) is 0 Å². The third-order valence-electron chi connectivity index (χ3n) is 2.58. The van der Waals surface area contributed by atoms with Crippen LogP contribution in [0, 0.1) is 18.3 Å². The van der Waals surface area contributed by atoms with Crippen LogP contribution in [0.25, 0.3) is 0 Å². The van der Waals surface area contributed by atoms with Crippen LogP contribution in [0.4, 0.5) is 5.69 Å². The Morgan fingerprint density at radius 2 is 2.25 bits per heavy atom. The number of nitrogen functional groups attached to an aromatic ring is 1. The number of benzene rings is 1. The van der Waals surface area contributed by atoms with Crippen LogP contribution in [0.3, 0.4) is 0 Å². The zero-order valence-electron chi connectivity index (χ0n) is 9.38. The van der Waals surface area contributed by atoms with Gasteiger partial charge in [-0.15, -0.1) is 6.42 Å². The molecular formula is C13H14ClNO. The molecule has 16 heavy (non-hydrogen) atoms. The van der Waals surface area contributed by atoms with E-state index in [1.54, 1.807) is 19.1 Å². The fourth-order valence-corrected chi connectivity index (χ4v) is 1.65. The first kappa shape index (κ1) is 12.6. The van der Waals surface area contributed by atoms with Crippen molar-refractivity contribution >= 4 is 23.1 Å². The molecule has 2 nitrogen and oxygen atoms in total. The quantitative estimate of drug-likeness (QED) is 0.647. The molecule has 1 aromatic rings. The lowest BCUT2D eigenvalue weighted by Gasteiger charge is -2.10. The number of rotatable bonds is 3. The molecule has 0 unspecified atom stereocenters. The van der Waals surface area contributed by atoms with E-state index in [9.17, 15) is 4.79 Å². The molecule has 0 amide bonds. The van der Waals surface area contributed by atoms with E-state index in [1.165, 1.54) is 0 Å². The molecule has 0 aliphatic heterocycles. The molecule has 0 aliphatic carbocycles. The number of Topliss-reactive ketones (excluding diaryl/α,β-unsaturated/α-hetero) is 1. The maximum Gasteiger partial charge on any atom is 0.132 e. The van der Waals surface area contributed by atoms with E-state index >= 15 is 0 Å². The molecule has 3 heteroatoms. The van der Waals surface area contributed by atoms with Crippen LogP contribution in [0.2, 0.25) is 5.02 Å². The average Bonchev–Trinajstić information content (AvgIpc) is 2.22. The Morgan fingerprint density at radius 3 is 2.75 bits per heavy atom. The Labute approximate surface area is 101 Å². The summed E-state index contributed by atoms with van der Waals surface area (Å²) in [5.74, 6) is 2.60. The second-order valence-electron chi connectivity index (χ2n) is 3.90. The summed E-state index contributed by atoms with van der Waals surface area (Å²) < 4.78 is 0. The summed E-state index contributed by atoms with van der Waals surface area (Å²) in [5, 5.41) is 0.446. The minimum Gasteiger partial charge on any atom is -0.397 e. The van der Waals surface area contributed by atoms with Crippen molar-refractivity contribution in [3.8, 4) is 12.3 Å². The molecular weight excluding hydrogens is 222 g/mol. The molecule has 0 radical (unpaired) electrons. The molecule has 0 saturated heterocycles. The summed E-state index contributed by atoms with van der Waals surface area (Å²) in [4.78, 5) is 11.2. The Hall–Kier alpha value is -1.46. The van der Waals surface area contributed by atoms with E-state index in [0.717, 1.165) is 5.56 Å². The van der Waals surface area contributed by atoms with Gasteiger partial charge in [-0.3, -0.25) is 4.79 Å². The normalized spacial score (nSPS) is 11.9. The predicted octanol–water partition coefficient (Wildman–Crippen LogP) is 2.67. The highest BCUT2D eigenvalue weighted by Crippen LogP contribution is 2.25. The lowest BCUT2D eigenvalue weighted by Crippen LogP contribution is -2.10.